The summed E-state index contributed by atoms with van der Waals surface area (Å²) in [7, 11) is -2.16. The third-order valence-corrected chi connectivity index (χ3v) is 13.7. The van der Waals surface area contributed by atoms with Crippen LogP contribution in [0.1, 0.15) is 108 Å². The molecule has 4 fully saturated rings. The molecule has 2 saturated heterocycles. The number of benzene rings is 1. The van der Waals surface area contributed by atoms with Crippen LogP contribution in [0.3, 0.4) is 0 Å². The van der Waals surface area contributed by atoms with E-state index in [2.05, 4.69) is 9.71 Å². The Bertz CT molecular complexity index is 1810. The largest absolute Gasteiger partial charge is 0.496 e. The van der Waals surface area contributed by atoms with Gasteiger partial charge in [-0.3, -0.25) is 23.9 Å². The van der Waals surface area contributed by atoms with Gasteiger partial charge in [-0.25, -0.2) is 13.4 Å². The molecule has 52 heavy (non-hydrogen) atoms. The number of carbonyl (C=O) groups excluding carboxylic acids is 4. The number of fused-ring (bicyclic) bond motifs is 4. The molecule has 13 heteroatoms. The molecule has 2 amide bonds. The van der Waals surface area contributed by atoms with Crippen molar-refractivity contribution < 1.29 is 41.8 Å². The fourth-order valence-electron chi connectivity index (χ4n) is 8.64. The van der Waals surface area contributed by atoms with Gasteiger partial charge in [0.05, 0.1) is 43.4 Å². The van der Waals surface area contributed by atoms with Crippen molar-refractivity contribution in [1.82, 2.24) is 14.6 Å². The Morgan fingerprint density at radius 2 is 1.77 bits per heavy atom. The zero-order chi connectivity index (χ0) is 36.5. The van der Waals surface area contributed by atoms with E-state index in [1.807, 2.05) is 18.2 Å². The fraction of sp³-hybridized carbons (Fsp3) is 0.667. The van der Waals surface area contributed by atoms with Crippen molar-refractivity contribution in [2.24, 2.45) is 17.3 Å². The molecule has 4 heterocycles. The molecule has 5 aliphatic rings. The first kappa shape index (κ1) is 36.6. The zero-order valence-electron chi connectivity index (χ0n) is 30.1. The molecule has 282 valence electrons. The van der Waals surface area contributed by atoms with Crippen molar-refractivity contribution in [1.29, 1.82) is 0 Å². The quantitative estimate of drug-likeness (QED) is 0.415. The maximum absolute atomic E-state index is 14.5. The predicted molar refractivity (Wildman–Crippen MR) is 192 cm³/mol. The Morgan fingerprint density at radius 3 is 2.56 bits per heavy atom. The highest BCUT2D eigenvalue weighted by atomic mass is 32.2. The van der Waals surface area contributed by atoms with Crippen molar-refractivity contribution in [2.45, 2.75) is 127 Å². The van der Waals surface area contributed by atoms with E-state index in [0.29, 0.717) is 38.0 Å². The van der Waals surface area contributed by atoms with Crippen molar-refractivity contribution in [3.05, 3.63) is 30.0 Å². The first-order valence-electron chi connectivity index (χ1n) is 19.2. The first-order valence-corrected chi connectivity index (χ1v) is 20.8. The number of aryl methyl sites for hydroxylation is 1. The van der Waals surface area contributed by atoms with Crippen LogP contribution < -0.4 is 14.2 Å². The van der Waals surface area contributed by atoms with E-state index in [1.165, 1.54) is 0 Å². The Kier molecular flexibility index (Phi) is 10.8. The highest BCUT2D eigenvalue weighted by Gasteiger charge is 2.62. The number of hydrogen-bond acceptors (Lipinski definition) is 10. The number of sulfonamides is 1. The number of nitrogens with one attached hydrogen (secondary N) is 1. The van der Waals surface area contributed by atoms with Gasteiger partial charge in [0, 0.05) is 30.3 Å². The van der Waals surface area contributed by atoms with Gasteiger partial charge in [0.1, 0.15) is 11.9 Å². The third kappa shape index (κ3) is 7.94. The number of Topliss-reactive ketones (excluding diaryl/α,β-unsaturated/α-hetero) is 1. The van der Waals surface area contributed by atoms with Gasteiger partial charge in [0.15, 0.2) is 5.78 Å². The second-order valence-electron chi connectivity index (χ2n) is 15.6. The second kappa shape index (κ2) is 15.3. The number of cyclic esters (lactones) is 1. The van der Waals surface area contributed by atoms with Crippen LogP contribution in [-0.2, 0) is 40.4 Å². The van der Waals surface area contributed by atoms with E-state index in [0.717, 1.165) is 79.9 Å². The summed E-state index contributed by atoms with van der Waals surface area (Å²) in [6.45, 7) is 0.381. The Hall–Kier alpha value is -3.74. The molecule has 1 aromatic carbocycles. The van der Waals surface area contributed by atoms with Crippen molar-refractivity contribution >= 4 is 44.4 Å². The van der Waals surface area contributed by atoms with Crippen LogP contribution in [0, 0.1) is 17.3 Å². The van der Waals surface area contributed by atoms with Crippen LogP contribution >= 0.6 is 0 Å². The van der Waals surface area contributed by atoms with E-state index in [-0.39, 0.29) is 50.0 Å². The van der Waals surface area contributed by atoms with Crippen LogP contribution in [0.2, 0.25) is 0 Å². The molecule has 2 aromatic rings. The molecule has 5 atom stereocenters. The molecular formula is C39H51N3O9S. The van der Waals surface area contributed by atoms with Gasteiger partial charge >= 0.3 is 5.97 Å². The maximum atomic E-state index is 14.5. The molecule has 2 aliphatic carbocycles. The monoisotopic (exact) mass is 737 g/mol. The van der Waals surface area contributed by atoms with Crippen LogP contribution in [0.5, 0.6) is 11.6 Å². The summed E-state index contributed by atoms with van der Waals surface area (Å²) in [4.78, 5) is 62.0. The Labute approximate surface area is 305 Å². The van der Waals surface area contributed by atoms with E-state index in [1.54, 1.807) is 18.2 Å². The average molecular weight is 738 g/mol. The number of aromatic nitrogens is 1. The highest BCUT2D eigenvalue weighted by molar-refractivity contribution is 7.90. The summed E-state index contributed by atoms with van der Waals surface area (Å²) in [6, 6.07) is 4.99. The number of carbonyl (C=O) groups is 4. The molecule has 2 saturated carbocycles. The maximum Gasteiger partial charge on any atom is 0.306 e. The normalized spacial score (nSPS) is 29.6. The molecule has 3 aliphatic heterocycles. The molecule has 12 nitrogen and oxygen atoms in total. The first-order chi connectivity index (χ1) is 25.1. The van der Waals surface area contributed by atoms with Crippen molar-refractivity contribution in [2.75, 3.05) is 20.3 Å². The second-order valence-corrected chi connectivity index (χ2v) is 17.6. The number of amides is 2. The average Bonchev–Trinajstić information content (AvgIpc) is 4.04. The molecule has 5 bridgehead atoms. The van der Waals surface area contributed by atoms with Gasteiger partial charge in [0.25, 0.3) is 0 Å². The van der Waals surface area contributed by atoms with Gasteiger partial charge in [-0.15, -0.1) is 0 Å². The molecule has 0 spiro atoms. The van der Waals surface area contributed by atoms with Gasteiger partial charge in [-0.2, -0.15) is 0 Å². The van der Waals surface area contributed by atoms with E-state index >= 15 is 0 Å². The number of methoxy groups -OCH3 is 1. The summed E-state index contributed by atoms with van der Waals surface area (Å²) in [5.74, 6) is -1.21. The van der Waals surface area contributed by atoms with Gasteiger partial charge in [-0.05, 0) is 92.9 Å². The summed E-state index contributed by atoms with van der Waals surface area (Å²) in [5, 5.41) is 1.13. The fourth-order valence-corrected chi connectivity index (χ4v) is 10.0. The van der Waals surface area contributed by atoms with Crippen LogP contribution in [-0.4, -0.2) is 79.5 Å². The SMILES string of the molecule is COc1cc2ccnc3c2cc1CCCCCOC(=O)C[C@H]1CCCCCCC[C@@H]2C[C@@]2(C(=O)NS(=O)(=O)C2CC2)CC(=O)[C@@H]2C[C@H](CN2C1=O)O3. The molecule has 0 unspecified atom stereocenters. The molecular weight excluding hydrogens is 687 g/mol. The van der Waals surface area contributed by atoms with Crippen molar-refractivity contribution in [3.8, 4) is 11.6 Å². The predicted octanol–water partition coefficient (Wildman–Crippen LogP) is 5.19. The molecule has 1 N–H and O–H groups in total. The number of ketones is 1. The summed E-state index contributed by atoms with van der Waals surface area (Å²) in [5.41, 5.74) is -0.126. The topological polar surface area (TPSA) is 158 Å². The van der Waals surface area contributed by atoms with E-state index in [4.69, 9.17) is 14.2 Å². The van der Waals surface area contributed by atoms with Crippen LogP contribution in [0.15, 0.2) is 24.4 Å². The molecule has 7 rings (SSSR count). The van der Waals surface area contributed by atoms with Crippen LogP contribution in [0.4, 0.5) is 0 Å². The minimum absolute atomic E-state index is 0.0716. The lowest BCUT2D eigenvalue weighted by atomic mass is 9.90. The standard InChI is InChI=1S/C39H51N3O9S/c1-49-34-19-25-15-16-40-36-31(25)18-26(34)10-7-5-9-17-50-35(44)20-27-11-6-3-2-4-8-12-28-22-39(28,38(46)41-52(47,48)30-13-14-30)23-33(43)32-21-29(51-36)24-42(32)37(27)45/h15-16,18-19,27-30,32H,2-14,17,20-24H2,1H3,(H,41,46)/t27-,28-,29-,32+,39-/m1/s1. The number of rotatable bonds is 4. The number of ether oxygens (including phenoxy) is 3. The number of nitrogens with zero attached hydrogens (tertiary/aromatic N) is 2. The van der Waals surface area contributed by atoms with E-state index < -0.39 is 50.6 Å². The summed E-state index contributed by atoms with van der Waals surface area (Å²) in [6.07, 6.45) is 11.3. The lowest BCUT2D eigenvalue weighted by Crippen LogP contribution is -2.46. The van der Waals surface area contributed by atoms with Crippen LogP contribution in [0.25, 0.3) is 10.8 Å². The highest BCUT2D eigenvalue weighted by Crippen LogP contribution is 2.59. The van der Waals surface area contributed by atoms with Gasteiger partial charge in [0.2, 0.25) is 27.7 Å². The number of esters is 1. The van der Waals surface area contributed by atoms with Gasteiger partial charge in [-0.1, -0.05) is 32.1 Å². The number of hydrogen-bond donors (Lipinski definition) is 1. The minimum atomic E-state index is -3.80. The van der Waals surface area contributed by atoms with Crippen molar-refractivity contribution in [3.63, 3.8) is 0 Å². The Morgan fingerprint density at radius 1 is 1.00 bits per heavy atom. The number of pyridine rings is 1. The third-order valence-electron chi connectivity index (χ3n) is 11.9. The molecule has 1 aromatic heterocycles. The zero-order valence-corrected chi connectivity index (χ0v) is 30.9. The minimum Gasteiger partial charge on any atom is -0.496 e. The van der Waals surface area contributed by atoms with E-state index in [9.17, 15) is 27.6 Å². The van der Waals surface area contributed by atoms with Gasteiger partial charge < -0.3 is 19.1 Å². The molecule has 0 radical (unpaired) electrons. The lowest BCUT2D eigenvalue weighted by Gasteiger charge is -2.29. The summed E-state index contributed by atoms with van der Waals surface area (Å²) >= 11 is 0. The lowest BCUT2D eigenvalue weighted by molar-refractivity contribution is -0.150. The summed E-state index contributed by atoms with van der Waals surface area (Å²) < 4.78 is 46.0. The Balaban J connectivity index is 1.22. The smallest absolute Gasteiger partial charge is 0.306 e.